The van der Waals surface area contributed by atoms with Crippen molar-refractivity contribution in [3.8, 4) is 0 Å². The Morgan fingerprint density at radius 1 is 0.906 bits per heavy atom. The average molecular weight is 497 g/mol. The maximum atomic E-state index is 12.8. The minimum absolute atomic E-state index is 0.0259. The Morgan fingerprint density at radius 2 is 1.44 bits per heavy atom. The molecule has 10 heteroatoms. The third-order valence-corrected chi connectivity index (χ3v) is 7.30. The number of aliphatic carboxylic acids is 1. The summed E-state index contributed by atoms with van der Waals surface area (Å²) in [5, 5.41) is 12.8. The van der Waals surface area contributed by atoms with Crippen LogP contribution < -0.4 is 10.0 Å². The van der Waals surface area contributed by atoms with Crippen molar-refractivity contribution in [3.63, 3.8) is 0 Å². The first-order valence-corrected chi connectivity index (χ1v) is 12.0. The monoisotopic (exact) mass is 496 g/mol. The van der Waals surface area contributed by atoms with Gasteiger partial charge in [0.1, 0.15) is 0 Å². The number of carboxylic acid groups (broad SMARTS) is 1. The van der Waals surface area contributed by atoms with E-state index in [9.17, 15) is 23.1 Å². The van der Waals surface area contributed by atoms with Crippen molar-refractivity contribution >= 4 is 56.5 Å². The van der Waals surface area contributed by atoms with Crippen LogP contribution in [0.4, 0.5) is 11.4 Å². The number of sulfonamides is 1. The van der Waals surface area contributed by atoms with E-state index in [0.717, 1.165) is 11.1 Å². The smallest absolute Gasteiger partial charge is 0.307 e. The van der Waals surface area contributed by atoms with Gasteiger partial charge in [-0.2, -0.15) is 0 Å². The Labute approximate surface area is 196 Å². The van der Waals surface area contributed by atoms with Crippen LogP contribution in [0.2, 0.25) is 10.0 Å². The second kappa shape index (κ2) is 9.52. The number of hydrogen-bond acceptors (Lipinski definition) is 4. The van der Waals surface area contributed by atoms with Crippen molar-refractivity contribution < 1.29 is 23.1 Å². The number of anilines is 2. The van der Waals surface area contributed by atoms with E-state index in [1.54, 1.807) is 0 Å². The maximum absolute atomic E-state index is 12.8. The zero-order chi connectivity index (χ0) is 23.6. The molecule has 0 radical (unpaired) electrons. The molecule has 2 aromatic carbocycles. The fourth-order valence-electron chi connectivity index (χ4n) is 3.61. The van der Waals surface area contributed by atoms with E-state index in [-0.39, 0.29) is 20.6 Å². The van der Waals surface area contributed by atoms with E-state index in [0.29, 0.717) is 18.5 Å². The number of rotatable bonds is 6. The van der Waals surface area contributed by atoms with Crippen molar-refractivity contribution in [2.45, 2.75) is 31.6 Å². The quantitative estimate of drug-likeness (QED) is 0.476. The van der Waals surface area contributed by atoms with Gasteiger partial charge in [0.15, 0.2) is 0 Å². The lowest BCUT2D eigenvalue weighted by Crippen LogP contribution is -2.36. The van der Waals surface area contributed by atoms with E-state index in [4.69, 9.17) is 23.2 Å². The number of amides is 1. The van der Waals surface area contributed by atoms with Crippen LogP contribution >= 0.6 is 23.2 Å². The first-order chi connectivity index (χ1) is 15.0. The molecule has 170 valence electrons. The second-order valence-corrected chi connectivity index (χ2v) is 10.4. The summed E-state index contributed by atoms with van der Waals surface area (Å²) in [6.07, 6.45) is 0.697. The summed E-state index contributed by atoms with van der Waals surface area (Å²) < 4.78 is 27.7. The van der Waals surface area contributed by atoms with Crippen molar-refractivity contribution in [2.75, 3.05) is 10.0 Å². The van der Waals surface area contributed by atoms with E-state index in [2.05, 4.69) is 10.0 Å². The molecule has 1 amide bonds. The van der Waals surface area contributed by atoms with Crippen molar-refractivity contribution in [2.24, 2.45) is 11.8 Å². The van der Waals surface area contributed by atoms with E-state index in [1.807, 2.05) is 13.8 Å². The van der Waals surface area contributed by atoms with Crippen LogP contribution in [0, 0.1) is 11.8 Å². The van der Waals surface area contributed by atoms with Crippen LogP contribution in [-0.4, -0.2) is 25.4 Å². The molecule has 0 spiro atoms. The second-order valence-electron chi connectivity index (χ2n) is 7.80. The SMILES string of the molecule is CC1=C(C)C[C@@H](C(=O)Nc2ccc(S(=O)(=O)Nc3cc(Cl)cc(Cl)c3)cc2)[C@@H](C(=O)O)C1. The lowest BCUT2D eigenvalue weighted by molar-refractivity contribution is -0.146. The van der Waals surface area contributed by atoms with Crippen LogP contribution in [-0.2, 0) is 19.6 Å². The number of nitrogens with one attached hydrogen (secondary N) is 2. The molecule has 2 aromatic rings. The Morgan fingerprint density at radius 3 is 1.97 bits per heavy atom. The topological polar surface area (TPSA) is 113 Å². The summed E-state index contributed by atoms with van der Waals surface area (Å²) in [5.74, 6) is -2.92. The van der Waals surface area contributed by atoms with Crippen LogP contribution in [0.15, 0.2) is 58.5 Å². The van der Waals surface area contributed by atoms with Crippen LogP contribution in [0.25, 0.3) is 0 Å². The third kappa shape index (κ3) is 5.62. The molecule has 0 aliphatic heterocycles. The van der Waals surface area contributed by atoms with Gasteiger partial charge in [0.05, 0.1) is 22.4 Å². The van der Waals surface area contributed by atoms with Crippen molar-refractivity contribution in [1.29, 1.82) is 0 Å². The average Bonchev–Trinajstić information content (AvgIpc) is 2.68. The number of carbonyl (C=O) groups excluding carboxylic acids is 1. The van der Waals surface area contributed by atoms with Crippen molar-refractivity contribution in [1.82, 2.24) is 0 Å². The molecule has 1 aliphatic rings. The normalized spacial score (nSPS) is 18.9. The lowest BCUT2D eigenvalue weighted by Gasteiger charge is -2.29. The molecule has 0 fully saturated rings. The zero-order valence-corrected chi connectivity index (χ0v) is 19.7. The van der Waals surface area contributed by atoms with Gasteiger partial charge < -0.3 is 10.4 Å². The fraction of sp³-hybridized carbons (Fsp3) is 0.273. The van der Waals surface area contributed by atoms with E-state index >= 15 is 0 Å². The van der Waals surface area contributed by atoms with Gasteiger partial charge in [0, 0.05) is 15.7 Å². The summed E-state index contributed by atoms with van der Waals surface area (Å²) in [4.78, 5) is 24.4. The first-order valence-electron chi connectivity index (χ1n) is 9.74. The molecular weight excluding hydrogens is 475 g/mol. The van der Waals surface area contributed by atoms with Crippen LogP contribution in [0.3, 0.4) is 0 Å². The summed E-state index contributed by atoms with van der Waals surface area (Å²) in [6, 6.07) is 9.93. The largest absolute Gasteiger partial charge is 0.481 e. The van der Waals surface area contributed by atoms with E-state index < -0.39 is 33.7 Å². The van der Waals surface area contributed by atoms with E-state index in [1.165, 1.54) is 42.5 Å². The molecule has 3 rings (SSSR count). The summed E-state index contributed by atoms with van der Waals surface area (Å²) in [7, 11) is -3.91. The van der Waals surface area contributed by atoms with Crippen LogP contribution in [0.1, 0.15) is 26.7 Å². The molecule has 0 unspecified atom stereocenters. The Kier molecular flexibility index (Phi) is 7.17. The Hall–Kier alpha value is -2.55. The highest BCUT2D eigenvalue weighted by atomic mass is 35.5. The molecule has 0 heterocycles. The number of allylic oxidation sites excluding steroid dienone is 2. The number of carboxylic acids is 1. The van der Waals surface area contributed by atoms with Crippen LogP contribution in [0.5, 0.6) is 0 Å². The Balaban J connectivity index is 1.74. The molecular formula is C22H22Cl2N2O5S. The lowest BCUT2D eigenvalue weighted by atomic mass is 9.76. The molecule has 7 nitrogen and oxygen atoms in total. The van der Waals surface area contributed by atoms with Gasteiger partial charge in [-0.05, 0) is 69.2 Å². The Bertz CT molecular complexity index is 1170. The first kappa shape index (κ1) is 24.1. The molecule has 0 bridgehead atoms. The number of hydrogen-bond donors (Lipinski definition) is 3. The van der Waals surface area contributed by atoms with Gasteiger partial charge in [-0.15, -0.1) is 0 Å². The summed E-state index contributed by atoms with van der Waals surface area (Å²) in [5.41, 5.74) is 2.59. The molecule has 0 aromatic heterocycles. The number of halogens is 2. The third-order valence-electron chi connectivity index (χ3n) is 5.47. The number of carbonyl (C=O) groups is 2. The standard InChI is InChI=1S/C22H22Cl2N2O5S/c1-12-7-19(20(22(28)29)8-13(12)2)21(27)25-16-3-5-18(6-4-16)32(30,31)26-17-10-14(23)9-15(24)11-17/h3-6,9-11,19-20,26H,7-8H2,1-2H3,(H,25,27)(H,28,29)/t19-,20+/m1/s1. The summed E-state index contributed by atoms with van der Waals surface area (Å²) >= 11 is 11.8. The highest BCUT2D eigenvalue weighted by molar-refractivity contribution is 7.92. The molecule has 0 saturated carbocycles. The van der Waals surface area contributed by atoms with Gasteiger partial charge in [-0.1, -0.05) is 34.3 Å². The molecule has 1 aliphatic carbocycles. The van der Waals surface area contributed by atoms with Gasteiger partial charge in [-0.3, -0.25) is 14.3 Å². The molecule has 0 saturated heterocycles. The predicted octanol–water partition coefficient (Wildman–Crippen LogP) is 5.18. The zero-order valence-electron chi connectivity index (χ0n) is 17.4. The highest BCUT2D eigenvalue weighted by Crippen LogP contribution is 2.35. The van der Waals surface area contributed by atoms with Gasteiger partial charge in [0.2, 0.25) is 5.91 Å². The highest BCUT2D eigenvalue weighted by Gasteiger charge is 2.37. The van der Waals surface area contributed by atoms with Gasteiger partial charge in [0.25, 0.3) is 10.0 Å². The minimum atomic E-state index is -3.91. The molecule has 2 atom stereocenters. The maximum Gasteiger partial charge on any atom is 0.307 e. The fourth-order valence-corrected chi connectivity index (χ4v) is 5.17. The molecule has 3 N–H and O–H groups in total. The summed E-state index contributed by atoms with van der Waals surface area (Å²) in [6.45, 7) is 3.78. The van der Waals surface area contributed by atoms with Gasteiger partial charge >= 0.3 is 5.97 Å². The van der Waals surface area contributed by atoms with Gasteiger partial charge in [-0.25, -0.2) is 8.42 Å². The minimum Gasteiger partial charge on any atom is -0.481 e. The van der Waals surface area contributed by atoms with Crippen molar-refractivity contribution in [3.05, 3.63) is 63.7 Å². The number of benzene rings is 2. The molecule has 32 heavy (non-hydrogen) atoms. The predicted molar refractivity (Wildman–Crippen MR) is 125 cm³/mol.